The molecule has 35 heavy (non-hydrogen) atoms. The summed E-state index contributed by atoms with van der Waals surface area (Å²) in [5.41, 5.74) is -1.85. The van der Waals surface area contributed by atoms with Gasteiger partial charge in [-0.05, 0) is 26.3 Å². The van der Waals surface area contributed by atoms with Crippen molar-refractivity contribution >= 4 is 11.8 Å². The number of carbonyl (C=O) groups is 2. The topological polar surface area (TPSA) is 104 Å². The first-order valence-corrected chi connectivity index (χ1v) is 10.9. The van der Waals surface area contributed by atoms with Crippen LogP contribution in [-0.2, 0) is 11.3 Å². The van der Waals surface area contributed by atoms with E-state index in [9.17, 15) is 28.3 Å². The number of nitrogens with zero attached hydrogens (tertiary/aromatic N) is 3. The molecule has 2 N–H and O–H groups in total. The van der Waals surface area contributed by atoms with E-state index in [4.69, 9.17) is 11.2 Å². The Morgan fingerprint density at radius 3 is 2.71 bits per heavy atom. The summed E-state index contributed by atoms with van der Waals surface area (Å²) in [5.74, 6) is -1.60. The van der Waals surface area contributed by atoms with Gasteiger partial charge in [0.15, 0.2) is 11.4 Å². The molecule has 0 radical (unpaired) electrons. The number of hydrogen-bond donors (Lipinski definition) is 2. The molecule has 0 aliphatic carbocycles. The molecule has 0 bridgehead atoms. The van der Waals surface area contributed by atoms with Gasteiger partial charge in [-0.1, -0.05) is 12.0 Å². The molecule has 0 saturated carbocycles. The van der Waals surface area contributed by atoms with E-state index in [0.717, 1.165) is 18.3 Å². The first-order valence-electron chi connectivity index (χ1n) is 10.9. The summed E-state index contributed by atoms with van der Waals surface area (Å²) in [6, 6.07) is 2.87. The molecule has 11 heteroatoms. The van der Waals surface area contributed by atoms with Crippen molar-refractivity contribution in [3.8, 4) is 18.1 Å². The van der Waals surface area contributed by atoms with Crippen molar-refractivity contribution in [1.82, 2.24) is 14.9 Å². The molecule has 1 aromatic heterocycles. The Kier molecular flexibility index (Phi) is 8.09. The van der Waals surface area contributed by atoms with E-state index < -0.39 is 40.2 Å². The summed E-state index contributed by atoms with van der Waals surface area (Å²) in [6.45, 7) is 4.25. The SMILES string of the molecule is C#CCN1CN(CCCOC(C)C)C(=O)c2c(O)c(=O)c(C(=O)NCc3ccc(F)cc3F)cn21. The van der Waals surface area contributed by atoms with Gasteiger partial charge in [-0.2, -0.15) is 0 Å². The number of aromatic hydroxyl groups is 1. The number of terminal acetylenes is 1. The highest BCUT2D eigenvalue weighted by molar-refractivity contribution is 5.99. The molecular weight excluding hydrogens is 462 g/mol. The summed E-state index contributed by atoms with van der Waals surface area (Å²) in [6.07, 6.45) is 7.14. The van der Waals surface area contributed by atoms with Gasteiger partial charge in [-0.15, -0.1) is 6.42 Å². The van der Waals surface area contributed by atoms with Gasteiger partial charge >= 0.3 is 0 Å². The minimum atomic E-state index is -1.06. The molecule has 2 heterocycles. The number of benzene rings is 1. The number of aromatic nitrogens is 1. The number of hydrogen-bond acceptors (Lipinski definition) is 6. The molecule has 2 amide bonds. The highest BCUT2D eigenvalue weighted by Crippen LogP contribution is 2.21. The number of amides is 2. The fourth-order valence-electron chi connectivity index (χ4n) is 3.57. The predicted octanol–water partition coefficient (Wildman–Crippen LogP) is 1.56. The molecule has 0 atom stereocenters. The number of rotatable bonds is 9. The van der Waals surface area contributed by atoms with E-state index in [-0.39, 0.29) is 37.1 Å². The van der Waals surface area contributed by atoms with Crippen molar-refractivity contribution in [2.75, 3.05) is 31.4 Å². The number of nitrogens with one attached hydrogen (secondary N) is 1. The number of pyridine rings is 1. The molecular formula is C24H26F2N4O5. The summed E-state index contributed by atoms with van der Waals surface area (Å²) < 4.78 is 33.6. The van der Waals surface area contributed by atoms with E-state index >= 15 is 0 Å². The Bertz CT molecular complexity index is 1220. The molecule has 1 aliphatic rings. The molecule has 186 valence electrons. The van der Waals surface area contributed by atoms with Crippen LogP contribution in [0.15, 0.2) is 29.2 Å². The monoisotopic (exact) mass is 488 g/mol. The zero-order valence-electron chi connectivity index (χ0n) is 19.4. The molecule has 0 saturated heterocycles. The molecule has 3 rings (SSSR count). The zero-order valence-corrected chi connectivity index (χ0v) is 19.4. The zero-order chi connectivity index (χ0) is 25.7. The lowest BCUT2D eigenvalue weighted by Crippen LogP contribution is -2.55. The van der Waals surface area contributed by atoms with Crippen LogP contribution in [0.4, 0.5) is 8.78 Å². The highest BCUT2D eigenvalue weighted by atomic mass is 19.1. The third-order valence-electron chi connectivity index (χ3n) is 5.29. The van der Waals surface area contributed by atoms with Crippen LogP contribution in [-0.4, -0.2) is 59.0 Å². The molecule has 0 unspecified atom stereocenters. The highest BCUT2D eigenvalue weighted by Gasteiger charge is 2.34. The Balaban J connectivity index is 1.86. The minimum Gasteiger partial charge on any atom is -0.502 e. The standard InChI is InChI=1S/C24H26F2N4O5/c1-4-8-29-14-28(9-5-10-35-15(2)3)24(34)20-22(32)21(31)18(13-30(20)29)23(33)27-12-16-6-7-17(25)11-19(16)26/h1,6-7,11,13,15,32H,5,8-10,12,14H2,2-3H3,(H,27,33). The van der Waals surface area contributed by atoms with Crippen molar-refractivity contribution in [2.45, 2.75) is 32.9 Å². The largest absolute Gasteiger partial charge is 0.502 e. The lowest BCUT2D eigenvalue weighted by molar-refractivity contribution is 0.0571. The van der Waals surface area contributed by atoms with Gasteiger partial charge in [0.2, 0.25) is 5.43 Å². The van der Waals surface area contributed by atoms with Crippen LogP contribution in [0.25, 0.3) is 0 Å². The molecule has 1 aromatic carbocycles. The van der Waals surface area contributed by atoms with Crippen LogP contribution in [0.3, 0.4) is 0 Å². The second-order valence-corrected chi connectivity index (χ2v) is 8.18. The van der Waals surface area contributed by atoms with Gasteiger partial charge in [0, 0.05) is 37.5 Å². The smallest absolute Gasteiger partial charge is 0.277 e. The van der Waals surface area contributed by atoms with E-state index in [1.807, 2.05) is 13.8 Å². The number of carbonyl (C=O) groups excluding carboxylic acids is 2. The number of halogens is 2. The normalized spacial score (nSPS) is 13.1. The summed E-state index contributed by atoms with van der Waals surface area (Å²) >= 11 is 0. The van der Waals surface area contributed by atoms with Crippen LogP contribution in [0.5, 0.6) is 5.75 Å². The van der Waals surface area contributed by atoms with Gasteiger partial charge in [0.25, 0.3) is 11.8 Å². The van der Waals surface area contributed by atoms with E-state index in [1.165, 1.54) is 14.6 Å². The van der Waals surface area contributed by atoms with Crippen LogP contribution in [0.2, 0.25) is 0 Å². The fraction of sp³-hybridized carbons (Fsp3) is 0.375. The minimum absolute atomic E-state index is 0.00302. The lowest BCUT2D eigenvalue weighted by atomic mass is 10.1. The maximum atomic E-state index is 13.9. The van der Waals surface area contributed by atoms with E-state index in [0.29, 0.717) is 25.6 Å². The third-order valence-corrected chi connectivity index (χ3v) is 5.29. The molecule has 9 nitrogen and oxygen atoms in total. The first-order chi connectivity index (χ1) is 16.6. The fourth-order valence-corrected chi connectivity index (χ4v) is 3.57. The van der Waals surface area contributed by atoms with Crippen molar-refractivity contribution in [3.05, 3.63) is 63.1 Å². The van der Waals surface area contributed by atoms with Gasteiger partial charge in [0.05, 0.1) is 12.6 Å². The molecule has 1 aliphatic heterocycles. The van der Waals surface area contributed by atoms with Crippen molar-refractivity contribution in [1.29, 1.82) is 0 Å². The second kappa shape index (κ2) is 11.0. The Morgan fingerprint density at radius 2 is 2.06 bits per heavy atom. The first kappa shape index (κ1) is 25.7. The lowest BCUT2D eigenvalue weighted by Gasteiger charge is -2.39. The van der Waals surface area contributed by atoms with Gasteiger partial charge < -0.3 is 20.1 Å². The predicted molar refractivity (Wildman–Crippen MR) is 123 cm³/mol. The third kappa shape index (κ3) is 5.78. The van der Waals surface area contributed by atoms with Gasteiger partial charge in [-0.3, -0.25) is 24.1 Å². The van der Waals surface area contributed by atoms with Crippen molar-refractivity contribution < 1.29 is 28.2 Å². The molecule has 0 fully saturated rings. The molecule has 0 spiro atoms. The van der Waals surface area contributed by atoms with E-state index in [2.05, 4.69) is 11.2 Å². The van der Waals surface area contributed by atoms with Gasteiger partial charge in [0.1, 0.15) is 23.9 Å². The van der Waals surface area contributed by atoms with Crippen LogP contribution in [0, 0.1) is 24.0 Å². The Hall–Kier alpha value is -3.91. The maximum Gasteiger partial charge on any atom is 0.277 e. The Morgan fingerprint density at radius 1 is 1.31 bits per heavy atom. The average molecular weight is 488 g/mol. The second-order valence-electron chi connectivity index (χ2n) is 8.18. The number of ether oxygens (including phenoxy) is 1. The Labute approximate surface area is 200 Å². The summed E-state index contributed by atoms with van der Waals surface area (Å²) in [4.78, 5) is 39.9. The summed E-state index contributed by atoms with van der Waals surface area (Å²) in [7, 11) is 0. The number of fused-ring (bicyclic) bond motifs is 1. The van der Waals surface area contributed by atoms with Crippen LogP contribution >= 0.6 is 0 Å². The average Bonchev–Trinajstić information content (AvgIpc) is 2.80. The van der Waals surface area contributed by atoms with Crippen LogP contribution < -0.4 is 15.8 Å². The summed E-state index contributed by atoms with van der Waals surface area (Å²) in [5, 5.41) is 14.5. The molecule has 2 aromatic rings. The quantitative estimate of drug-likeness (QED) is 0.410. The van der Waals surface area contributed by atoms with Crippen molar-refractivity contribution in [3.63, 3.8) is 0 Å². The van der Waals surface area contributed by atoms with Gasteiger partial charge in [-0.25, -0.2) is 8.78 Å². The van der Waals surface area contributed by atoms with E-state index in [1.54, 1.807) is 0 Å². The van der Waals surface area contributed by atoms with Crippen molar-refractivity contribution in [2.24, 2.45) is 0 Å². The maximum absolute atomic E-state index is 13.9. The van der Waals surface area contributed by atoms with Crippen LogP contribution in [0.1, 0.15) is 46.7 Å².